The van der Waals surface area contributed by atoms with Crippen LogP contribution in [0.25, 0.3) is 27.9 Å². The lowest BCUT2D eigenvalue weighted by atomic mass is 10.1. The fourth-order valence-corrected chi connectivity index (χ4v) is 4.61. The van der Waals surface area contributed by atoms with Gasteiger partial charge in [0.05, 0.1) is 16.8 Å². The van der Waals surface area contributed by atoms with Crippen molar-refractivity contribution in [3.8, 4) is 21.8 Å². The van der Waals surface area contributed by atoms with Crippen LogP contribution in [0, 0.1) is 5.82 Å². The molecule has 0 saturated carbocycles. The van der Waals surface area contributed by atoms with Crippen LogP contribution in [0.15, 0.2) is 89.7 Å². The first-order valence-corrected chi connectivity index (χ1v) is 11.5. The highest BCUT2D eigenvalue weighted by atomic mass is 32.2. The normalized spacial score (nSPS) is 11.6. The molecule has 150 valence electrons. The Bertz CT molecular complexity index is 1300. The Balaban J connectivity index is 1.62. The average molecular weight is 437 g/mol. The summed E-state index contributed by atoms with van der Waals surface area (Å²) in [5, 5.41) is 3.45. The van der Waals surface area contributed by atoms with Gasteiger partial charge in [0, 0.05) is 16.5 Å². The largest absolute Gasteiger partial charge is 0.279 e. The fourth-order valence-electron chi connectivity index (χ4n) is 2.87. The second-order valence-electron chi connectivity index (χ2n) is 6.42. The topological polar surface area (TPSA) is 59.1 Å². The van der Waals surface area contributed by atoms with Crippen molar-refractivity contribution in [1.29, 1.82) is 0 Å². The summed E-state index contributed by atoms with van der Waals surface area (Å²) >= 11 is 1.30. The summed E-state index contributed by atoms with van der Waals surface area (Å²) in [4.78, 5) is 4.52. The minimum absolute atomic E-state index is 0.349. The zero-order valence-electron chi connectivity index (χ0n) is 15.7. The number of nitrogens with zero attached hydrogens (tertiary/aromatic N) is 1. The molecule has 0 atom stereocenters. The molecule has 0 radical (unpaired) electrons. The second kappa shape index (κ2) is 8.61. The van der Waals surface area contributed by atoms with E-state index in [0.29, 0.717) is 27.5 Å². The molecule has 0 saturated heterocycles. The maximum absolute atomic E-state index is 14.1. The first-order chi connectivity index (χ1) is 14.5. The molecule has 7 heteroatoms. The number of nitrogens with one attached hydrogen (secondary N) is 1. The van der Waals surface area contributed by atoms with Crippen LogP contribution in [-0.4, -0.2) is 13.4 Å². The zero-order chi connectivity index (χ0) is 21.0. The Morgan fingerprint density at radius 2 is 1.53 bits per heavy atom. The van der Waals surface area contributed by atoms with Gasteiger partial charge < -0.3 is 0 Å². The molecule has 4 nitrogen and oxygen atoms in total. The summed E-state index contributed by atoms with van der Waals surface area (Å²) < 4.78 is 41.8. The molecule has 0 bridgehead atoms. The van der Waals surface area contributed by atoms with E-state index in [1.807, 2.05) is 30.3 Å². The van der Waals surface area contributed by atoms with Crippen molar-refractivity contribution in [3.05, 3.63) is 101 Å². The molecule has 0 amide bonds. The van der Waals surface area contributed by atoms with E-state index in [2.05, 4.69) is 9.71 Å². The lowest BCUT2D eigenvalue weighted by Crippen LogP contribution is -2.09. The van der Waals surface area contributed by atoms with Gasteiger partial charge in [0.1, 0.15) is 10.8 Å². The fraction of sp³-hybridized carbons (Fsp3) is 0. The monoisotopic (exact) mass is 436 g/mol. The molecular weight excluding hydrogens is 419 g/mol. The number of hydrogen-bond acceptors (Lipinski definition) is 4. The second-order valence-corrected chi connectivity index (χ2v) is 8.85. The van der Waals surface area contributed by atoms with Crippen molar-refractivity contribution in [3.63, 3.8) is 0 Å². The van der Waals surface area contributed by atoms with Gasteiger partial charge in [-0.1, -0.05) is 60.7 Å². The van der Waals surface area contributed by atoms with Crippen molar-refractivity contribution in [2.24, 2.45) is 0 Å². The number of rotatable bonds is 6. The third-order valence-electron chi connectivity index (χ3n) is 4.30. The van der Waals surface area contributed by atoms with Crippen LogP contribution < -0.4 is 4.72 Å². The molecule has 1 aromatic heterocycles. The summed E-state index contributed by atoms with van der Waals surface area (Å²) in [5.74, 6) is -0.349. The number of benzene rings is 3. The molecule has 0 spiro atoms. The van der Waals surface area contributed by atoms with E-state index in [0.717, 1.165) is 11.0 Å². The van der Waals surface area contributed by atoms with Crippen molar-refractivity contribution < 1.29 is 12.8 Å². The minimum atomic E-state index is -3.73. The van der Waals surface area contributed by atoms with E-state index >= 15 is 0 Å². The molecule has 0 fully saturated rings. The number of halogens is 1. The van der Waals surface area contributed by atoms with Crippen molar-refractivity contribution in [2.45, 2.75) is 0 Å². The standard InChI is InChI=1S/C23H17FN2O2S2/c24-20-12-6-4-10-18(20)23-25-22(16-29-23)19-11-5-7-13-21(19)26-30(27,28)15-14-17-8-2-1-3-9-17/h1-16,26H/b15-14+. The predicted octanol–water partition coefficient (Wildman–Crippen LogP) is 6.03. The summed E-state index contributed by atoms with van der Waals surface area (Å²) in [6, 6.07) is 22.6. The maximum atomic E-state index is 14.1. The van der Waals surface area contributed by atoms with Gasteiger partial charge in [-0.15, -0.1) is 11.3 Å². The van der Waals surface area contributed by atoms with Gasteiger partial charge in [0.25, 0.3) is 10.0 Å². The van der Waals surface area contributed by atoms with Gasteiger partial charge in [-0.2, -0.15) is 0 Å². The number of thiazole rings is 1. The Morgan fingerprint density at radius 1 is 0.867 bits per heavy atom. The Morgan fingerprint density at radius 3 is 2.30 bits per heavy atom. The summed E-state index contributed by atoms with van der Waals surface area (Å²) in [7, 11) is -3.73. The Kier molecular flexibility index (Phi) is 5.74. The van der Waals surface area contributed by atoms with Gasteiger partial charge in [-0.25, -0.2) is 17.8 Å². The summed E-state index contributed by atoms with van der Waals surface area (Å²) in [6.07, 6.45) is 1.53. The first-order valence-electron chi connectivity index (χ1n) is 9.08. The molecule has 0 aliphatic carbocycles. The van der Waals surface area contributed by atoms with Crippen molar-refractivity contribution in [1.82, 2.24) is 4.98 Å². The van der Waals surface area contributed by atoms with E-state index in [1.54, 1.807) is 47.8 Å². The van der Waals surface area contributed by atoms with E-state index in [4.69, 9.17) is 0 Å². The lowest BCUT2D eigenvalue weighted by Gasteiger charge is -2.09. The molecular formula is C23H17FN2O2S2. The van der Waals surface area contributed by atoms with E-state index in [9.17, 15) is 12.8 Å². The van der Waals surface area contributed by atoms with Crippen LogP contribution in [0.2, 0.25) is 0 Å². The number of para-hydroxylation sites is 1. The highest BCUT2D eigenvalue weighted by molar-refractivity contribution is 7.95. The molecule has 4 aromatic rings. The molecule has 1 heterocycles. The molecule has 1 N–H and O–H groups in total. The Hall–Kier alpha value is -3.29. The smallest absolute Gasteiger partial charge is 0.255 e. The number of aromatic nitrogens is 1. The number of hydrogen-bond donors (Lipinski definition) is 1. The van der Waals surface area contributed by atoms with Crippen molar-refractivity contribution in [2.75, 3.05) is 4.72 Å². The van der Waals surface area contributed by atoms with Gasteiger partial charge in [0.15, 0.2) is 0 Å². The van der Waals surface area contributed by atoms with Crippen LogP contribution in [-0.2, 0) is 10.0 Å². The molecule has 3 aromatic carbocycles. The van der Waals surface area contributed by atoms with Gasteiger partial charge in [-0.05, 0) is 29.8 Å². The minimum Gasteiger partial charge on any atom is -0.279 e. The van der Waals surface area contributed by atoms with E-state index in [-0.39, 0.29) is 5.82 Å². The van der Waals surface area contributed by atoms with Crippen LogP contribution >= 0.6 is 11.3 Å². The Labute approximate surface area is 178 Å². The zero-order valence-corrected chi connectivity index (χ0v) is 17.3. The SMILES string of the molecule is O=S(=O)(/C=C/c1ccccc1)Nc1ccccc1-c1csc(-c2ccccc2F)n1. The van der Waals surface area contributed by atoms with Crippen molar-refractivity contribution >= 4 is 33.1 Å². The third kappa shape index (κ3) is 4.64. The molecule has 4 rings (SSSR count). The summed E-state index contributed by atoms with van der Waals surface area (Å²) in [6.45, 7) is 0. The van der Waals surface area contributed by atoms with E-state index in [1.165, 1.54) is 23.5 Å². The molecule has 0 aliphatic rings. The maximum Gasteiger partial charge on any atom is 0.255 e. The quantitative estimate of drug-likeness (QED) is 0.402. The lowest BCUT2D eigenvalue weighted by molar-refractivity contribution is 0.609. The predicted molar refractivity (Wildman–Crippen MR) is 121 cm³/mol. The van der Waals surface area contributed by atoms with Crippen LogP contribution in [0.1, 0.15) is 5.56 Å². The number of anilines is 1. The average Bonchev–Trinajstić information content (AvgIpc) is 3.23. The van der Waals surface area contributed by atoms with E-state index < -0.39 is 10.0 Å². The molecule has 30 heavy (non-hydrogen) atoms. The molecule has 0 aliphatic heterocycles. The molecule has 0 unspecified atom stereocenters. The van der Waals surface area contributed by atoms with Crippen LogP contribution in [0.3, 0.4) is 0 Å². The first kappa shape index (κ1) is 20.0. The van der Waals surface area contributed by atoms with Gasteiger partial charge in [0.2, 0.25) is 0 Å². The van der Waals surface area contributed by atoms with Crippen LogP contribution in [0.5, 0.6) is 0 Å². The highest BCUT2D eigenvalue weighted by Gasteiger charge is 2.15. The van der Waals surface area contributed by atoms with Gasteiger partial charge >= 0.3 is 0 Å². The third-order valence-corrected chi connectivity index (χ3v) is 6.18. The summed E-state index contributed by atoms with van der Waals surface area (Å²) in [5.41, 5.74) is 2.79. The van der Waals surface area contributed by atoms with Crippen LogP contribution in [0.4, 0.5) is 10.1 Å². The van der Waals surface area contributed by atoms with Gasteiger partial charge in [-0.3, -0.25) is 4.72 Å². The number of sulfonamides is 1. The highest BCUT2D eigenvalue weighted by Crippen LogP contribution is 2.34.